The van der Waals surface area contributed by atoms with Gasteiger partial charge in [-0.25, -0.2) is 22.2 Å². The SMILES string of the molecule is CNc1cc(C(=O)NCc2ccc(S(=O)(=O)NC)cc2)c2cnn(-c3ccc(F)cc3)c2c1. The molecule has 170 valence electrons. The lowest BCUT2D eigenvalue weighted by Crippen LogP contribution is -2.23. The molecule has 4 aromatic rings. The van der Waals surface area contributed by atoms with Crippen LogP contribution in [0.25, 0.3) is 16.6 Å². The van der Waals surface area contributed by atoms with Gasteiger partial charge in [0.15, 0.2) is 0 Å². The summed E-state index contributed by atoms with van der Waals surface area (Å²) in [7, 11) is -0.418. The molecule has 0 unspecified atom stereocenters. The van der Waals surface area contributed by atoms with Crippen molar-refractivity contribution in [2.45, 2.75) is 11.4 Å². The first-order valence-corrected chi connectivity index (χ1v) is 11.6. The third-order valence-corrected chi connectivity index (χ3v) is 6.68. The Balaban J connectivity index is 1.61. The molecule has 0 bridgehead atoms. The van der Waals surface area contributed by atoms with Gasteiger partial charge in [0.1, 0.15) is 5.82 Å². The van der Waals surface area contributed by atoms with Crippen molar-refractivity contribution in [1.29, 1.82) is 0 Å². The van der Waals surface area contributed by atoms with Gasteiger partial charge < -0.3 is 10.6 Å². The van der Waals surface area contributed by atoms with Crippen LogP contribution in [0, 0.1) is 5.82 Å². The highest BCUT2D eigenvalue weighted by atomic mass is 32.2. The predicted molar refractivity (Wildman–Crippen MR) is 124 cm³/mol. The maximum Gasteiger partial charge on any atom is 0.252 e. The summed E-state index contributed by atoms with van der Waals surface area (Å²) in [5.41, 5.74) is 3.27. The molecular weight excluding hydrogens is 445 g/mol. The molecule has 0 saturated heterocycles. The first-order valence-electron chi connectivity index (χ1n) is 10.1. The van der Waals surface area contributed by atoms with Crippen LogP contribution in [0.4, 0.5) is 10.1 Å². The molecule has 8 nitrogen and oxygen atoms in total. The molecule has 1 heterocycles. The highest BCUT2D eigenvalue weighted by molar-refractivity contribution is 7.89. The number of rotatable bonds is 7. The largest absolute Gasteiger partial charge is 0.388 e. The molecule has 1 amide bonds. The van der Waals surface area contributed by atoms with Gasteiger partial charge in [0.05, 0.1) is 27.9 Å². The number of aromatic nitrogens is 2. The van der Waals surface area contributed by atoms with Gasteiger partial charge in [-0.2, -0.15) is 5.10 Å². The Labute approximate surface area is 190 Å². The van der Waals surface area contributed by atoms with Crippen LogP contribution < -0.4 is 15.4 Å². The van der Waals surface area contributed by atoms with Gasteiger partial charge in [0, 0.05) is 24.7 Å². The van der Waals surface area contributed by atoms with Crippen LogP contribution in [-0.4, -0.2) is 38.2 Å². The molecule has 33 heavy (non-hydrogen) atoms. The molecule has 10 heteroatoms. The van der Waals surface area contributed by atoms with Crippen molar-refractivity contribution in [2.75, 3.05) is 19.4 Å². The van der Waals surface area contributed by atoms with Gasteiger partial charge in [-0.15, -0.1) is 0 Å². The minimum atomic E-state index is -3.52. The summed E-state index contributed by atoms with van der Waals surface area (Å²) in [5.74, 6) is -0.648. The third-order valence-electron chi connectivity index (χ3n) is 5.25. The van der Waals surface area contributed by atoms with Crippen LogP contribution in [0.1, 0.15) is 15.9 Å². The molecule has 1 aromatic heterocycles. The van der Waals surface area contributed by atoms with Crippen molar-refractivity contribution < 1.29 is 17.6 Å². The highest BCUT2D eigenvalue weighted by Gasteiger charge is 2.16. The number of sulfonamides is 1. The third kappa shape index (κ3) is 4.57. The van der Waals surface area contributed by atoms with E-state index in [-0.39, 0.29) is 23.2 Å². The summed E-state index contributed by atoms with van der Waals surface area (Å²) in [6, 6.07) is 15.8. The van der Waals surface area contributed by atoms with Crippen LogP contribution in [0.15, 0.2) is 71.8 Å². The van der Waals surface area contributed by atoms with E-state index in [1.165, 1.54) is 31.3 Å². The van der Waals surface area contributed by atoms with Crippen molar-refractivity contribution in [3.63, 3.8) is 0 Å². The second-order valence-electron chi connectivity index (χ2n) is 7.27. The van der Waals surface area contributed by atoms with E-state index in [0.29, 0.717) is 22.2 Å². The van der Waals surface area contributed by atoms with Crippen molar-refractivity contribution in [3.8, 4) is 5.69 Å². The Kier molecular flexibility index (Phi) is 6.12. The molecular formula is C23H22FN5O3S. The molecule has 0 aliphatic carbocycles. The number of carbonyl (C=O) groups is 1. The van der Waals surface area contributed by atoms with Crippen LogP contribution in [0.3, 0.4) is 0 Å². The Hall–Kier alpha value is -3.76. The zero-order chi connectivity index (χ0) is 23.6. The molecule has 0 aliphatic rings. The molecule has 0 aliphatic heterocycles. The average Bonchev–Trinajstić information content (AvgIpc) is 3.26. The molecule has 4 rings (SSSR count). The maximum absolute atomic E-state index is 13.3. The van der Waals surface area contributed by atoms with Crippen LogP contribution in [-0.2, 0) is 16.6 Å². The fourth-order valence-corrected chi connectivity index (χ4v) is 4.16. The van der Waals surface area contributed by atoms with Gasteiger partial charge >= 0.3 is 0 Å². The second kappa shape index (κ2) is 9.00. The fraction of sp³-hybridized carbons (Fsp3) is 0.130. The van der Waals surface area contributed by atoms with E-state index < -0.39 is 10.0 Å². The van der Waals surface area contributed by atoms with E-state index in [1.807, 2.05) is 6.07 Å². The topological polar surface area (TPSA) is 105 Å². The molecule has 0 spiro atoms. The van der Waals surface area contributed by atoms with Gasteiger partial charge in [0.25, 0.3) is 5.91 Å². The van der Waals surface area contributed by atoms with E-state index >= 15 is 0 Å². The first-order chi connectivity index (χ1) is 15.8. The molecule has 0 fully saturated rings. The highest BCUT2D eigenvalue weighted by Crippen LogP contribution is 2.26. The monoisotopic (exact) mass is 467 g/mol. The summed E-state index contributed by atoms with van der Waals surface area (Å²) in [6.07, 6.45) is 1.60. The van der Waals surface area contributed by atoms with E-state index in [1.54, 1.807) is 48.3 Å². The number of hydrogen-bond donors (Lipinski definition) is 3. The summed E-state index contributed by atoms with van der Waals surface area (Å²) in [6.45, 7) is 0.218. The van der Waals surface area contributed by atoms with Gasteiger partial charge in [-0.1, -0.05) is 12.1 Å². The lowest BCUT2D eigenvalue weighted by Gasteiger charge is -2.11. The molecule has 0 atom stereocenters. The van der Waals surface area contributed by atoms with Crippen molar-refractivity contribution in [3.05, 3.63) is 83.8 Å². The Morgan fingerprint density at radius 1 is 1.03 bits per heavy atom. The minimum Gasteiger partial charge on any atom is -0.388 e. The van der Waals surface area contributed by atoms with Crippen molar-refractivity contribution in [2.24, 2.45) is 0 Å². The van der Waals surface area contributed by atoms with Gasteiger partial charge in [-0.3, -0.25) is 4.79 Å². The van der Waals surface area contributed by atoms with Crippen molar-refractivity contribution >= 4 is 32.5 Å². The Bertz CT molecular complexity index is 1420. The van der Waals surface area contributed by atoms with Crippen molar-refractivity contribution in [1.82, 2.24) is 19.8 Å². The number of amides is 1. The predicted octanol–water partition coefficient (Wildman–Crippen LogP) is 3.04. The van der Waals surface area contributed by atoms with E-state index in [4.69, 9.17) is 0 Å². The van der Waals surface area contributed by atoms with Gasteiger partial charge in [-0.05, 0) is 61.1 Å². The standard InChI is InChI=1S/C23H22FN5O3S/c1-25-17-11-20(21-14-28-29(22(21)12-17)18-7-5-16(24)6-8-18)23(30)27-13-15-3-9-19(10-4-15)33(31,32)26-2/h3-12,14,25-26H,13H2,1-2H3,(H,27,30). The van der Waals surface area contributed by atoms with E-state index in [0.717, 1.165) is 11.3 Å². The Morgan fingerprint density at radius 2 is 1.73 bits per heavy atom. The summed E-state index contributed by atoms with van der Waals surface area (Å²) in [4.78, 5) is 13.2. The van der Waals surface area contributed by atoms with Crippen LogP contribution >= 0.6 is 0 Å². The zero-order valence-electron chi connectivity index (χ0n) is 18.0. The lowest BCUT2D eigenvalue weighted by atomic mass is 10.1. The molecule has 0 radical (unpaired) electrons. The number of hydrogen-bond acceptors (Lipinski definition) is 5. The van der Waals surface area contributed by atoms with Gasteiger partial charge in [0.2, 0.25) is 10.0 Å². The summed E-state index contributed by atoms with van der Waals surface area (Å²) >= 11 is 0. The smallest absolute Gasteiger partial charge is 0.252 e. The minimum absolute atomic E-state index is 0.150. The quantitative estimate of drug-likeness (QED) is 0.388. The number of benzene rings is 3. The molecule has 0 saturated carbocycles. The normalized spacial score (nSPS) is 11.5. The summed E-state index contributed by atoms with van der Waals surface area (Å²) in [5, 5.41) is 11.0. The fourth-order valence-electron chi connectivity index (χ4n) is 3.43. The van der Waals surface area contributed by atoms with Crippen LogP contribution in [0.5, 0.6) is 0 Å². The number of nitrogens with zero attached hydrogens (tertiary/aromatic N) is 2. The van der Waals surface area contributed by atoms with E-state index in [2.05, 4.69) is 20.5 Å². The zero-order valence-corrected chi connectivity index (χ0v) is 18.8. The summed E-state index contributed by atoms with van der Waals surface area (Å²) < 4.78 is 41.0. The number of nitrogens with one attached hydrogen (secondary N) is 3. The molecule has 3 aromatic carbocycles. The number of carbonyl (C=O) groups excluding carboxylic acids is 1. The second-order valence-corrected chi connectivity index (χ2v) is 9.16. The lowest BCUT2D eigenvalue weighted by molar-refractivity contribution is 0.0952. The number of fused-ring (bicyclic) bond motifs is 1. The number of anilines is 1. The molecule has 3 N–H and O–H groups in total. The average molecular weight is 468 g/mol. The first kappa shape index (κ1) is 22.4. The Morgan fingerprint density at radius 3 is 2.36 bits per heavy atom. The van der Waals surface area contributed by atoms with Crippen LogP contribution in [0.2, 0.25) is 0 Å². The van der Waals surface area contributed by atoms with E-state index in [9.17, 15) is 17.6 Å². The maximum atomic E-state index is 13.3. The number of halogens is 1.